The molecule has 0 saturated carbocycles. The van der Waals surface area contributed by atoms with Crippen molar-refractivity contribution in [3.63, 3.8) is 0 Å². The van der Waals surface area contributed by atoms with Gasteiger partial charge in [-0.15, -0.1) is 11.3 Å². The van der Waals surface area contributed by atoms with E-state index in [9.17, 15) is 14.4 Å². The van der Waals surface area contributed by atoms with E-state index in [0.717, 1.165) is 4.88 Å². The van der Waals surface area contributed by atoms with Gasteiger partial charge < -0.3 is 20.0 Å². The number of nitrogens with one attached hydrogen (secondary N) is 2. The fourth-order valence-electron chi connectivity index (χ4n) is 3.42. The van der Waals surface area contributed by atoms with Gasteiger partial charge in [-0.05, 0) is 23.6 Å². The summed E-state index contributed by atoms with van der Waals surface area (Å²) in [5.41, 5.74) is 0.590. The fraction of sp³-hybridized carbons (Fsp3) is 0.435. The van der Waals surface area contributed by atoms with Crippen molar-refractivity contribution < 1.29 is 14.4 Å². The standard InChI is InChI=1S/C23H29Cl2N5O3S/c1-23(2,3)17-13-14(20(31)29-9-11-30(12-10-29)22(33)28(4)5)19(34-17)27-21(32)26-16-8-6-7-15(24)18(16)25/h6-8,13H,9-12H2,1-5H3,(H2,26,27,32). The Bertz CT molecular complexity index is 1090. The van der Waals surface area contributed by atoms with Crippen molar-refractivity contribution >= 4 is 63.2 Å². The SMILES string of the molecule is CN(C)C(=O)N1CCN(C(=O)c2cc(C(C)(C)C)sc2NC(=O)Nc2cccc(Cl)c2Cl)CC1. The van der Waals surface area contributed by atoms with Crippen molar-refractivity contribution in [3.8, 4) is 0 Å². The van der Waals surface area contributed by atoms with Gasteiger partial charge in [-0.2, -0.15) is 0 Å². The Morgan fingerprint density at radius 3 is 2.21 bits per heavy atom. The molecule has 1 aliphatic heterocycles. The highest BCUT2D eigenvalue weighted by atomic mass is 35.5. The molecule has 11 heteroatoms. The molecule has 1 aromatic heterocycles. The van der Waals surface area contributed by atoms with Crippen molar-refractivity contribution in [1.29, 1.82) is 0 Å². The van der Waals surface area contributed by atoms with Crippen LogP contribution in [0.25, 0.3) is 0 Å². The average molecular weight is 526 g/mol. The van der Waals surface area contributed by atoms with Crippen LogP contribution in [0.1, 0.15) is 36.0 Å². The Balaban J connectivity index is 1.79. The summed E-state index contributed by atoms with van der Waals surface area (Å²) < 4.78 is 0. The molecule has 3 rings (SSSR count). The molecule has 2 heterocycles. The molecule has 0 radical (unpaired) electrons. The predicted molar refractivity (Wildman–Crippen MR) is 139 cm³/mol. The molecule has 1 fully saturated rings. The minimum atomic E-state index is -0.526. The van der Waals surface area contributed by atoms with Crippen LogP contribution in [-0.2, 0) is 5.41 Å². The van der Waals surface area contributed by atoms with Crippen molar-refractivity contribution in [3.05, 3.63) is 44.8 Å². The zero-order chi connectivity index (χ0) is 25.2. The Kier molecular flexibility index (Phi) is 8.00. The fourth-order valence-corrected chi connectivity index (χ4v) is 4.87. The summed E-state index contributed by atoms with van der Waals surface area (Å²) >= 11 is 13.6. The van der Waals surface area contributed by atoms with E-state index in [1.807, 2.05) is 26.8 Å². The minimum absolute atomic E-state index is 0.0728. The smallest absolute Gasteiger partial charge is 0.324 e. The van der Waals surface area contributed by atoms with Gasteiger partial charge in [-0.25, -0.2) is 9.59 Å². The second-order valence-corrected chi connectivity index (χ2v) is 11.1. The molecular formula is C23H29Cl2N5O3S. The van der Waals surface area contributed by atoms with E-state index in [4.69, 9.17) is 23.2 Å². The summed E-state index contributed by atoms with van der Waals surface area (Å²) in [6.45, 7) is 7.90. The highest BCUT2D eigenvalue weighted by Gasteiger charge is 2.30. The monoisotopic (exact) mass is 525 g/mol. The van der Waals surface area contributed by atoms with Gasteiger partial charge in [0.15, 0.2) is 0 Å². The second kappa shape index (κ2) is 10.4. The van der Waals surface area contributed by atoms with Crippen LogP contribution in [0.4, 0.5) is 20.3 Å². The van der Waals surface area contributed by atoms with Crippen LogP contribution in [0.15, 0.2) is 24.3 Å². The van der Waals surface area contributed by atoms with Gasteiger partial charge >= 0.3 is 12.1 Å². The van der Waals surface area contributed by atoms with Crippen LogP contribution in [0.5, 0.6) is 0 Å². The highest BCUT2D eigenvalue weighted by molar-refractivity contribution is 7.16. The zero-order valence-corrected chi connectivity index (χ0v) is 22.2. The molecule has 0 bridgehead atoms. The number of hydrogen-bond donors (Lipinski definition) is 2. The van der Waals surface area contributed by atoms with Gasteiger partial charge in [0.2, 0.25) is 0 Å². The number of nitrogens with zero attached hydrogens (tertiary/aromatic N) is 3. The summed E-state index contributed by atoms with van der Waals surface area (Å²) in [7, 11) is 3.41. The van der Waals surface area contributed by atoms with E-state index in [1.54, 1.807) is 42.1 Å². The summed E-state index contributed by atoms with van der Waals surface area (Å²) in [4.78, 5) is 44.3. The third kappa shape index (κ3) is 5.95. The Labute approximate surface area is 213 Å². The molecule has 1 aliphatic rings. The van der Waals surface area contributed by atoms with Gasteiger partial charge in [0.25, 0.3) is 5.91 Å². The first-order valence-electron chi connectivity index (χ1n) is 10.8. The van der Waals surface area contributed by atoms with Crippen LogP contribution in [-0.4, -0.2) is 72.9 Å². The number of rotatable bonds is 3. The molecule has 2 aromatic rings. The minimum Gasteiger partial charge on any atom is -0.335 e. The van der Waals surface area contributed by atoms with Crippen molar-refractivity contribution in [2.24, 2.45) is 0 Å². The number of hydrogen-bond acceptors (Lipinski definition) is 4. The first kappa shape index (κ1) is 26.1. The predicted octanol–water partition coefficient (Wildman–Crippen LogP) is 5.44. The largest absolute Gasteiger partial charge is 0.335 e. The number of carbonyl (C=O) groups excluding carboxylic acids is 3. The Morgan fingerprint density at radius 2 is 1.62 bits per heavy atom. The van der Waals surface area contributed by atoms with E-state index in [2.05, 4.69) is 10.6 Å². The van der Waals surface area contributed by atoms with Crippen molar-refractivity contribution in [2.45, 2.75) is 26.2 Å². The topological polar surface area (TPSA) is 85.0 Å². The molecule has 5 amide bonds. The van der Waals surface area contributed by atoms with Crippen LogP contribution in [0, 0.1) is 0 Å². The number of amides is 5. The van der Waals surface area contributed by atoms with E-state index >= 15 is 0 Å². The van der Waals surface area contributed by atoms with E-state index in [0.29, 0.717) is 47.5 Å². The molecule has 2 N–H and O–H groups in total. The zero-order valence-electron chi connectivity index (χ0n) is 19.9. The van der Waals surface area contributed by atoms with Crippen molar-refractivity contribution in [2.75, 3.05) is 50.9 Å². The van der Waals surface area contributed by atoms with Gasteiger partial charge in [0.1, 0.15) is 5.00 Å². The summed E-state index contributed by atoms with van der Waals surface area (Å²) in [5, 5.41) is 6.52. The Hall–Kier alpha value is -2.49. The second-order valence-electron chi connectivity index (χ2n) is 9.24. The number of anilines is 2. The van der Waals surface area contributed by atoms with E-state index in [1.165, 1.54) is 16.2 Å². The quantitative estimate of drug-likeness (QED) is 0.559. The lowest BCUT2D eigenvalue weighted by Gasteiger charge is -2.36. The third-order valence-electron chi connectivity index (χ3n) is 5.35. The lowest BCUT2D eigenvalue weighted by molar-refractivity contribution is 0.0651. The first-order valence-corrected chi connectivity index (χ1v) is 12.4. The van der Waals surface area contributed by atoms with Crippen LogP contribution in [0.3, 0.4) is 0 Å². The molecule has 1 aromatic carbocycles. The molecule has 0 aliphatic carbocycles. The number of piperazine rings is 1. The molecule has 0 spiro atoms. The van der Waals surface area contributed by atoms with Gasteiger partial charge in [0.05, 0.1) is 21.3 Å². The van der Waals surface area contributed by atoms with Gasteiger partial charge in [-0.1, -0.05) is 50.0 Å². The molecule has 0 unspecified atom stereocenters. The summed E-state index contributed by atoms with van der Waals surface area (Å²) in [5.74, 6) is -0.181. The first-order chi connectivity index (χ1) is 15.9. The van der Waals surface area contributed by atoms with Gasteiger partial charge in [-0.3, -0.25) is 10.1 Å². The van der Waals surface area contributed by atoms with Crippen LogP contribution in [0.2, 0.25) is 10.0 Å². The van der Waals surface area contributed by atoms with Gasteiger partial charge in [0, 0.05) is 45.2 Å². The lowest BCUT2D eigenvalue weighted by Crippen LogP contribution is -2.52. The molecule has 184 valence electrons. The van der Waals surface area contributed by atoms with E-state index in [-0.39, 0.29) is 22.4 Å². The number of carbonyl (C=O) groups is 3. The maximum absolute atomic E-state index is 13.4. The maximum Gasteiger partial charge on any atom is 0.324 e. The number of thiophene rings is 1. The molecular weight excluding hydrogens is 497 g/mol. The highest BCUT2D eigenvalue weighted by Crippen LogP contribution is 2.37. The molecule has 1 saturated heterocycles. The lowest BCUT2D eigenvalue weighted by atomic mass is 9.94. The van der Waals surface area contributed by atoms with Crippen LogP contribution >= 0.6 is 34.5 Å². The molecule has 0 atom stereocenters. The summed E-state index contributed by atoms with van der Waals surface area (Å²) in [6.07, 6.45) is 0. The molecule has 8 nitrogen and oxygen atoms in total. The van der Waals surface area contributed by atoms with Crippen molar-refractivity contribution in [1.82, 2.24) is 14.7 Å². The Morgan fingerprint density at radius 1 is 1.00 bits per heavy atom. The average Bonchev–Trinajstić information content (AvgIpc) is 3.20. The number of urea groups is 2. The number of benzene rings is 1. The normalized spacial score (nSPS) is 14.1. The van der Waals surface area contributed by atoms with Crippen LogP contribution < -0.4 is 10.6 Å². The van der Waals surface area contributed by atoms with E-state index < -0.39 is 6.03 Å². The molecule has 34 heavy (non-hydrogen) atoms. The maximum atomic E-state index is 13.4. The summed E-state index contributed by atoms with van der Waals surface area (Å²) in [6, 6.07) is 6.20. The third-order valence-corrected chi connectivity index (χ3v) is 7.64. The number of halogens is 2.